The first-order valence-electron chi connectivity index (χ1n) is 9.54. The van der Waals surface area contributed by atoms with Crippen LogP contribution in [0.5, 0.6) is 5.75 Å². The van der Waals surface area contributed by atoms with E-state index in [-0.39, 0.29) is 10.8 Å². The molecule has 3 rings (SSSR count). The van der Waals surface area contributed by atoms with E-state index in [2.05, 4.69) is 25.1 Å². The van der Waals surface area contributed by atoms with Crippen molar-refractivity contribution in [2.75, 3.05) is 6.61 Å². The molecule has 26 heavy (non-hydrogen) atoms. The summed E-state index contributed by atoms with van der Waals surface area (Å²) in [5.41, 5.74) is 4.29. The Balaban J connectivity index is 1.79. The highest BCUT2D eigenvalue weighted by Gasteiger charge is 2.16. The van der Waals surface area contributed by atoms with E-state index < -0.39 is 5.82 Å². The van der Waals surface area contributed by atoms with Crippen molar-refractivity contribution in [3.63, 3.8) is 0 Å². The van der Waals surface area contributed by atoms with Crippen LogP contribution in [0.3, 0.4) is 0 Å². The smallest absolute Gasteiger partial charge is 0.184 e. The maximum absolute atomic E-state index is 14.3. The van der Waals surface area contributed by atoms with Crippen molar-refractivity contribution < 1.29 is 9.13 Å². The topological polar surface area (TPSA) is 9.23 Å². The zero-order valence-electron chi connectivity index (χ0n) is 15.5. The number of halogens is 2. The molecule has 2 aromatic rings. The minimum Gasteiger partial charge on any atom is -0.491 e. The maximum atomic E-state index is 14.3. The molecule has 0 spiro atoms. The molecule has 1 unspecified atom stereocenters. The van der Waals surface area contributed by atoms with Crippen LogP contribution < -0.4 is 4.74 Å². The van der Waals surface area contributed by atoms with Gasteiger partial charge in [0.05, 0.1) is 11.6 Å². The molecule has 0 fully saturated rings. The summed E-state index contributed by atoms with van der Waals surface area (Å²) in [5, 5.41) is 0.114. The first-order chi connectivity index (χ1) is 12.6. The van der Waals surface area contributed by atoms with E-state index in [0.717, 1.165) is 17.9 Å². The third kappa shape index (κ3) is 4.12. The highest BCUT2D eigenvalue weighted by atomic mass is 35.5. The molecule has 0 heterocycles. The van der Waals surface area contributed by atoms with Gasteiger partial charge in [-0.15, -0.1) is 0 Å². The largest absolute Gasteiger partial charge is 0.491 e. The third-order valence-electron chi connectivity index (χ3n) is 5.13. The van der Waals surface area contributed by atoms with Crippen molar-refractivity contribution in [2.24, 2.45) is 5.92 Å². The Morgan fingerprint density at radius 3 is 2.42 bits per heavy atom. The van der Waals surface area contributed by atoms with Gasteiger partial charge in [0.1, 0.15) is 0 Å². The molecule has 2 aromatic carbocycles. The summed E-state index contributed by atoms with van der Waals surface area (Å²) in [6, 6.07) is 11.7. The van der Waals surface area contributed by atoms with Gasteiger partial charge < -0.3 is 4.74 Å². The Hall–Kier alpha value is -1.80. The van der Waals surface area contributed by atoms with Crippen LogP contribution in [0.1, 0.15) is 51.5 Å². The molecule has 0 saturated carbocycles. The molecular weight excluding hydrogens is 347 g/mol. The lowest BCUT2D eigenvalue weighted by atomic mass is 9.84. The molecule has 1 atom stereocenters. The highest BCUT2D eigenvalue weighted by molar-refractivity contribution is 6.33. The molecule has 0 saturated heterocycles. The van der Waals surface area contributed by atoms with Crippen LogP contribution in [0.15, 0.2) is 42.5 Å². The predicted octanol–water partition coefficient (Wildman–Crippen LogP) is 7.53. The van der Waals surface area contributed by atoms with Gasteiger partial charge >= 0.3 is 0 Å². The molecule has 0 aliphatic heterocycles. The molecular formula is C23H26ClFO. The Kier molecular flexibility index (Phi) is 6.37. The second-order valence-electron chi connectivity index (χ2n) is 6.91. The van der Waals surface area contributed by atoms with Crippen LogP contribution in [0, 0.1) is 11.7 Å². The highest BCUT2D eigenvalue weighted by Crippen LogP contribution is 2.37. The molecule has 138 valence electrons. The van der Waals surface area contributed by atoms with Crippen molar-refractivity contribution in [2.45, 2.75) is 46.0 Å². The minimum atomic E-state index is -0.493. The van der Waals surface area contributed by atoms with Gasteiger partial charge in [-0.1, -0.05) is 61.7 Å². The van der Waals surface area contributed by atoms with E-state index in [1.807, 2.05) is 25.1 Å². The van der Waals surface area contributed by atoms with Crippen LogP contribution >= 0.6 is 11.6 Å². The summed E-state index contributed by atoms with van der Waals surface area (Å²) in [4.78, 5) is 0. The Labute approximate surface area is 160 Å². The lowest BCUT2D eigenvalue weighted by Crippen LogP contribution is -2.05. The van der Waals surface area contributed by atoms with Crippen LogP contribution in [-0.2, 0) is 0 Å². The average molecular weight is 373 g/mol. The molecule has 0 amide bonds. The second kappa shape index (κ2) is 8.73. The van der Waals surface area contributed by atoms with E-state index in [4.69, 9.17) is 16.3 Å². The molecule has 1 aliphatic carbocycles. The van der Waals surface area contributed by atoms with E-state index in [1.165, 1.54) is 36.8 Å². The minimum absolute atomic E-state index is 0.114. The number of hydrogen-bond acceptors (Lipinski definition) is 1. The number of ether oxygens (including phenoxy) is 1. The van der Waals surface area contributed by atoms with Crippen molar-refractivity contribution in [1.29, 1.82) is 0 Å². The Bertz CT molecular complexity index is 780. The fraction of sp³-hybridized carbons (Fsp3) is 0.391. The summed E-state index contributed by atoms with van der Waals surface area (Å²) >= 11 is 6.24. The van der Waals surface area contributed by atoms with Crippen LogP contribution in [0.25, 0.3) is 16.7 Å². The van der Waals surface area contributed by atoms with E-state index >= 15 is 0 Å². The quantitative estimate of drug-likeness (QED) is 0.509. The summed E-state index contributed by atoms with van der Waals surface area (Å²) in [6.07, 6.45) is 8.58. The van der Waals surface area contributed by atoms with Crippen molar-refractivity contribution in [3.05, 3.63) is 58.9 Å². The van der Waals surface area contributed by atoms with Crippen LogP contribution in [0.2, 0.25) is 5.02 Å². The number of benzene rings is 2. The Morgan fingerprint density at radius 2 is 1.81 bits per heavy atom. The number of rotatable bonds is 6. The Morgan fingerprint density at radius 1 is 1.08 bits per heavy atom. The van der Waals surface area contributed by atoms with E-state index in [1.54, 1.807) is 6.07 Å². The van der Waals surface area contributed by atoms with Gasteiger partial charge in [-0.25, -0.2) is 4.39 Å². The molecule has 1 aliphatic rings. The maximum Gasteiger partial charge on any atom is 0.184 e. The summed E-state index contributed by atoms with van der Waals surface area (Å²) in [7, 11) is 0. The van der Waals surface area contributed by atoms with Crippen molar-refractivity contribution in [1.82, 2.24) is 0 Å². The normalized spacial score (nSPS) is 17.1. The second-order valence-corrected chi connectivity index (χ2v) is 7.29. The van der Waals surface area contributed by atoms with Gasteiger partial charge in [0.2, 0.25) is 0 Å². The molecule has 0 N–H and O–H groups in total. The lowest BCUT2D eigenvalue weighted by Gasteiger charge is -2.21. The zero-order valence-corrected chi connectivity index (χ0v) is 16.3. The van der Waals surface area contributed by atoms with Gasteiger partial charge in [-0.3, -0.25) is 0 Å². The summed E-state index contributed by atoms with van der Waals surface area (Å²) in [5.74, 6) is 0.549. The summed E-state index contributed by atoms with van der Waals surface area (Å²) < 4.78 is 19.6. The average Bonchev–Trinajstić information content (AvgIpc) is 2.67. The lowest BCUT2D eigenvalue weighted by molar-refractivity contribution is 0.322. The molecule has 1 nitrogen and oxygen atoms in total. The number of allylic oxidation sites excluding steroid dienone is 2. The molecule has 3 heteroatoms. The van der Waals surface area contributed by atoms with Gasteiger partial charge in [-0.2, -0.15) is 0 Å². The number of hydrogen-bond donors (Lipinski definition) is 0. The summed E-state index contributed by atoms with van der Waals surface area (Å²) in [6.45, 7) is 4.49. The SMILES string of the molecule is CCCC1CC=C(c2ccc(-c3ccc(OCC)c(F)c3Cl)cc2)CC1. The zero-order chi connectivity index (χ0) is 18.5. The van der Waals surface area contributed by atoms with Gasteiger partial charge in [-0.05, 0) is 60.9 Å². The molecule has 0 radical (unpaired) electrons. The van der Waals surface area contributed by atoms with Crippen molar-refractivity contribution >= 4 is 17.2 Å². The molecule has 0 bridgehead atoms. The van der Waals surface area contributed by atoms with Crippen molar-refractivity contribution in [3.8, 4) is 16.9 Å². The molecule has 0 aromatic heterocycles. The van der Waals surface area contributed by atoms with E-state index in [0.29, 0.717) is 12.2 Å². The van der Waals surface area contributed by atoms with E-state index in [9.17, 15) is 4.39 Å². The van der Waals surface area contributed by atoms with Gasteiger partial charge in [0, 0.05) is 5.56 Å². The third-order valence-corrected chi connectivity index (χ3v) is 5.50. The van der Waals surface area contributed by atoms with Crippen LogP contribution in [0.4, 0.5) is 4.39 Å². The fourth-order valence-electron chi connectivity index (χ4n) is 3.71. The predicted molar refractivity (Wildman–Crippen MR) is 108 cm³/mol. The fourth-order valence-corrected chi connectivity index (χ4v) is 3.97. The monoisotopic (exact) mass is 372 g/mol. The first-order valence-corrected chi connectivity index (χ1v) is 9.92. The standard InChI is InChI=1S/C23H26ClFO/c1-3-5-16-6-8-17(9-7-16)18-10-12-19(13-11-18)20-14-15-21(26-4-2)23(25)22(20)24/h8,10-16H,3-7,9H2,1-2H3. The first kappa shape index (κ1) is 19.0. The van der Waals surface area contributed by atoms with Crippen LogP contribution in [-0.4, -0.2) is 6.61 Å². The van der Waals surface area contributed by atoms with Gasteiger partial charge in [0.25, 0.3) is 0 Å². The van der Waals surface area contributed by atoms with Gasteiger partial charge in [0.15, 0.2) is 11.6 Å².